The van der Waals surface area contributed by atoms with Crippen molar-refractivity contribution in [3.05, 3.63) is 70.3 Å². The van der Waals surface area contributed by atoms with Gasteiger partial charge in [-0.25, -0.2) is 13.2 Å². The Morgan fingerprint density at radius 2 is 0.868 bits per heavy atom. The zero-order valence-electron chi connectivity index (χ0n) is 17.8. The Balaban J connectivity index is 2.16. The molecule has 0 aromatic heterocycles. The van der Waals surface area contributed by atoms with Gasteiger partial charge in [-0.15, -0.1) is 0 Å². The molecule has 0 aliphatic rings. The van der Waals surface area contributed by atoms with Gasteiger partial charge in [0.2, 0.25) is 5.82 Å². The SMILES string of the molecule is Nc1cc(Oc2cc(Oc3cc(N)c(C(F)(F)F)cc3F)c(C(F)(F)F)c(F)c2F)c(F)cc1C(F)(F)F. The van der Waals surface area contributed by atoms with Crippen LogP contribution in [0.1, 0.15) is 16.7 Å². The van der Waals surface area contributed by atoms with Crippen molar-refractivity contribution in [1.29, 1.82) is 0 Å². The summed E-state index contributed by atoms with van der Waals surface area (Å²) in [6.07, 6.45) is -16.1. The molecule has 0 radical (unpaired) electrons. The highest BCUT2D eigenvalue weighted by Crippen LogP contribution is 2.46. The predicted octanol–water partition coefficient (Wildman–Crippen LogP) is 8.05. The van der Waals surface area contributed by atoms with Gasteiger partial charge in [0.15, 0.2) is 34.7 Å². The molecule has 3 rings (SSSR count). The molecule has 0 saturated carbocycles. The molecular weight excluding hydrogens is 559 g/mol. The van der Waals surface area contributed by atoms with Crippen LogP contribution >= 0.6 is 0 Å². The smallest absolute Gasteiger partial charge is 0.422 e. The summed E-state index contributed by atoms with van der Waals surface area (Å²) in [7, 11) is 0. The van der Waals surface area contributed by atoms with Gasteiger partial charge in [0.05, 0.1) is 11.1 Å². The summed E-state index contributed by atoms with van der Waals surface area (Å²) in [5.41, 5.74) is 1.94. The first-order valence-electron chi connectivity index (χ1n) is 9.49. The number of halogens is 13. The molecule has 0 amide bonds. The van der Waals surface area contributed by atoms with E-state index in [9.17, 15) is 57.1 Å². The van der Waals surface area contributed by atoms with E-state index in [2.05, 4.69) is 9.47 Å². The minimum Gasteiger partial charge on any atom is -0.453 e. The van der Waals surface area contributed by atoms with Crippen LogP contribution in [0.5, 0.6) is 23.0 Å². The van der Waals surface area contributed by atoms with Crippen LogP contribution in [0, 0.1) is 23.3 Å². The highest BCUT2D eigenvalue weighted by atomic mass is 19.4. The first-order valence-corrected chi connectivity index (χ1v) is 9.49. The van der Waals surface area contributed by atoms with Gasteiger partial charge in [0, 0.05) is 29.6 Å². The van der Waals surface area contributed by atoms with Crippen LogP contribution in [0.4, 0.5) is 68.5 Å². The Bertz CT molecular complexity index is 1400. The number of ether oxygens (including phenoxy) is 2. The molecule has 4 N–H and O–H groups in total. The summed E-state index contributed by atoms with van der Waals surface area (Å²) in [5.74, 6) is -15.1. The standard InChI is InChI=1S/C21H9F13N2O2/c22-8-1-6(19(26,27)28)10(35)3-12(8)37-14-5-15(17(24)18(25)16(14)21(32,33)34)38-13-4-11(36)7(2-9(13)23)20(29,30)31/h1-5H,35-36H2. The van der Waals surface area contributed by atoms with Crippen LogP contribution in [0.25, 0.3) is 0 Å². The summed E-state index contributed by atoms with van der Waals surface area (Å²) < 4.78 is 184. The maximum absolute atomic E-state index is 14.4. The van der Waals surface area contributed by atoms with Crippen molar-refractivity contribution in [2.75, 3.05) is 11.5 Å². The van der Waals surface area contributed by atoms with E-state index in [4.69, 9.17) is 11.5 Å². The van der Waals surface area contributed by atoms with Crippen LogP contribution in [-0.4, -0.2) is 0 Å². The van der Waals surface area contributed by atoms with Crippen LogP contribution in [0.15, 0.2) is 30.3 Å². The number of hydrogen-bond donors (Lipinski definition) is 2. The van der Waals surface area contributed by atoms with Crippen LogP contribution < -0.4 is 20.9 Å². The molecule has 3 aromatic carbocycles. The van der Waals surface area contributed by atoms with Gasteiger partial charge >= 0.3 is 18.5 Å². The van der Waals surface area contributed by atoms with E-state index in [1.807, 2.05) is 0 Å². The molecule has 17 heteroatoms. The van der Waals surface area contributed by atoms with Crippen molar-refractivity contribution in [2.45, 2.75) is 18.5 Å². The topological polar surface area (TPSA) is 70.5 Å². The normalized spacial score (nSPS) is 12.6. The third-order valence-electron chi connectivity index (χ3n) is 4.68. The van der Waals surface area contributed by atoms with Gasteiger partial charge in [-0.2, -0.15) is 43.9 Å². The Labute approximate surface area is 202 Å². The number of alkyl halides is 9. The Hall–Kier alpha value is -4.05. The van der Waals surface area contributed by atoms with E-state index in [0.29, 0.717) is 0 Å². The monoisotopic (exact) mass is 568 g/mol. The van der Waals surface area contributed by atoms with Gasteiger partial charge in [-0.1, -0.05) is 0 Å². The van der Waals surface area contributed by atoms with Gasteiger partial charge in [-0.3, -0.25) is 0 Å². The van der Waals surface area contributed by atoms with E-state index in [-0.39, 0.29) is 30.3 Å². The summed E-state index contributed by atoms with van der Waals surface area (Å²) in [6.45, 7) is 0. The highest BCUT2D eigenvalue weighted by Gasteiger charge is 2.42. The minimum atomic E-state index is -5.75. The number of nitrogens with two attached hydrogens (primary N) is 2. The second-order valence-corrected chi connectivity index (χ2v) is 7.31. The third kappa shape index (κ3) is 5.60. The minimum absolute atomic E-state index is 0.0954. The molecule has 0 heterocycles. The molecule has 0 saturated heterocycles. The third-order valence-corrected chi connectivity index (χ3v) is 4.68. The molecule has 3 aromatic rings. The summed E-state index contributed by atoms with van der Waals surface area (Å²) in [5, 5.41) is 0. The lowest BCUT2D eigenvalue weighted by Gasteiger charge is -2.19. The van der Waals surface area contributed by atoms with Crippen molar-refractivity contribution in [1.82, 2.24) is 0 Å². The number of hydrogen-bond acceptors (Lipinski definition) is 4. The summed E-state index contributed by atoms with van der Waals surface area (Å²) >= 11 is 0. The molecule has 0 spiro atoms. The van der Waals surface area contributed by atoms with E-state index in [1.165, 1.54) is 0 Å². The average Bonchev–Trinajstić information content (AvgIpc) is 2.73. The Kier molecular flexibility index (Phi) is 7.02. The largest absolute Gasteiger partial charge is 0.453 e. The number of benzene rings is 3. The molecule has 0 fully saturated rings. The van der Waals surface area contributed by atoms with Crippen molar-refractivity contribution in [3.63, 3.8) is 0 Å². The molecule has 0 aliphatic carbocycles. The van der Waals surface area contributed by atoms with Crippen molar-refractivity contribution < 1.29 is 66.5 Å². The van der Waals surface area contributed by atoms with Crippen LogP contribution in [0.3, 0.4) is 0 Å². The van der Waals surface area contributed by atoms with Gasteiger partial charge < -0.3 is 20.9 Å². The second kappa shape index (κ2) is 9.36. The van der Waals surface area contributed by atoms with Gasteiger partial charge in [0.1, 0.15) is 11.3 Å². The fourth-order valence-electron chi connectivity index (χ4n) is 3.02. The molecule has 0 bridgehead atoms. The van der Waals surface area contributed by atoms with Gasteiger partial charge in [-0.05, 0) is 12.1 Å². The lowest BCUT2D eigenvalue weighted by Crippen LogP contribution is -2.14. The zero-order chi connectivity index (χ0) is 29.0. The number of nitrogen functional groups attached to an aromatic ring is 2. The number of rotatable bonds is 4. The molecule has 206 valence electrons. The van der Waals surface area contributed by atoms with E-state index >= 15 is 0 Å². The molecule has 0 unspecified atom stereocenters. The Morgan fingerprint density at radius 3 is 1.24 bits per heavy atom. The second-order valence-electron chi connectivity index (χ2n) is 7.31. The fourth-order valence-corrected chi connectivity index (χ4v) is 3.02. The quantitative estimate of drug-likeness (QED) is 0.247. The average molecular weight is 568 g/mol. The molecule has 0 atom stereocenters. The van der Waals surface area contributed by atoms with Crippen LogP contribution in [-0.2, 0) is 18.5 Å². The zero-order valence-corrected chi connectivity index (χ0v) is 17.8. The van der Waals surface area contributed by atoms with E-state index < -0.39 is 92.9 Å². The number of anilines is 2. The van der Waals surface area contributed by atoms with Gasteiger partial charge in [0.25, 0.3) is 0 Å². The first kappa shape index (κ1) is 28.5. The molecule has 38 heavy (non-hydrogen) atoms. The van der Waals surface area contributed by atoms with Crippen LogP contribution in [0.2, 0.25) is 0 Å². The molecular formula is C21H9F13N2O2. The predicted molar refractivity (Wildman–Crippen MR) is 103 cm³/mol. The van der Waals surface area contributed by atoms with E-state index in [0.717, 1.165) is 0 Å². The first-order chi connectivity index (χ1) is 17.2. The maximum Gasteiger partial charge on any atom is 0.422 e. The Morgan fingerprint density at radius 1 is 0.474 bits per heavy atom. The molecule has 0 aliphatic heterocycles. The fraction of sp³-hybridized carbons (Fsp3) is 0.143. The van der Waals surface area contributed by atoms with E-state index in [1.54, 1.807) is 0 Å². The lowest BCUT2D eigenvalue weighted by atomic mass is 10.1. The maximum atomic E-state index is 14.4. The molecule has 4 nitrogen and oxygen atoms in total. The van der Waals surface area contributed by atoms with Crippen molar-refractivity contribution >= 4 is 11.4 Å². The summed E-state index contributed by atoms with van der Waals surface area (Å²) in [4.78, 5) is 0. The highest BCUT2D eigenvalue weighted by molar-refractivity contribution is 5.57. The van der Waals surface area contributed by atoms with Crippen molar-refractivity contribution in [3.8, 4) is 23.0 Å². The van der Waals surface area contributed by atoms with Crippen molar-refractivity contribution in [2.24, 2.45) is 0 Å². The summed E-state index contributed by atoms with van der Waals surface area (Å²) in [6, 6.07) is -0.252. The lowest BCUT2D eigenvalue weighted by molar-refractivity contribution is -0.141.